The van der Waals surface area contributed by atoms with E-state index in [9.17, 15) is 4.79 Å². The number of anilines is 1. The van der Waals surface area contributed by atoms with Gasteiger partial charge in [0.15, 0.2) is 5.76 Å². The van der Waals surface area contributed by atoms with Crippen molar-refractivity contribution >= 4 is 22.5 Å². The first-order valence-corrected chi connectivity index (χ1v) is 8.35. The number of fused-ring (bicyclic) bond motifs is 1. The van der Waals surface area contributed by atoms with E-state index in [1.165, 1.54) is 30.1 Å². The minimum absolute atomic E-state index is 0.226. The van der Waals surface area contributed by atoms with Crippen molar-refractivity contribution in [2.45, 2.75) is 18.8 Å². The molecular weight excluding hydrogens is 302 g/mol. The van der Waals surface area contributed by atoms with Crippen LogP contribution in [-0.2, 0) is 0 Å². The summed E-state index contributed by atoms with van der Waals surface area (Å²) >= 11 is 0. The molecule has 5 heteroatoms. The maximum absolute atomic E-state index is 12.2. The number of aromatic nitrogens is 1. The van der Waals surface area contributed by atoms with Crippen LogP contribution in [0.15, 0.2) is 47.2 Å². The van der Waals surface area contributed by atoms with Gasteiger partial charge in [-0.1, -0.05) is 0 Å². The third kappa shape index (κ3) is 2.83. The highest BCUT2D eigenvalue weighted by molar-refractivity contribution is 6.03. The van der Waals surface area contributed by atoms with Gasteiger partial charge in [0.2, 0.25) is 0 Å². The maximum atomic E-state index is 12.2. The van der Waals surface area contributed by atoms with Crippen LogP contribution in [0.5, 0.6) is 0 Å². The molecule has 3 aromatic rings. The molecule has 24 heavy (non-hydrogen) atoms. The number of rotatable bonds is 3. The Balaban J connectivity index is 1.60. The molecule has 5 nitrogen and oxygen atoms in total. The van der Waals surface area contributed by atoms with Crippen molar-refractivity contribution in [1.82, 2.24) is 9.88 Å². The summed E-state index contributed by atoms with van der Waals surface area (Å²) in [6, 6.07) is 9.36. The average Bonchev–Trinajstić information content (AvgIpc) is 3.25. The zero-order chi connectivity index (χ0) is 16.5. The van der Waals surface area contributed by atoms with Crippen LogP contribution < -0.4 is 5.32 Å². The number of carbonyl (C=O) groups is 1. The molecule has 0 atom stereocenters. The summed E-state index contributed by atoms with van der Waals surface area (Å²) in [7, 11) is 2.17. The molecule has 2 aromatic heterocycles. The highest BCUT2D eigenvalue weighted by Gasteiger charge is 2.21. The van der Waals surface area contributed by atoms with Crippen molar-refractivity contribution in [3.05, 3.63) is 54.1 Å². The fraction of sp³-hybridized carbons (Fsp3) is 0.316. The standard InChI is InChI=1S/C19H21N3O2/c1-22-8-6-13(7-9-22)16-12-20-17-5-4-14(11-15(16)17)21-19(23)18-3-2-10-24-18/h2-5,10-13,20H,6-9H2,1H3,(H,21,23). The van der Waals surface area contributed by atoms with Gasteiger partial charge in [0, 0.05) is 22.8 Å². The van der Waals surface area contributed by atoms with E-state index in [0.29, 0.717) is 11.7 Å². The zero-order valence-electron chi connectivity index (χ0n) is 13.7. The molecule has 1 fully saturated rings. The van der Waals surface area contributed by atoms with Crippen LogP contribution in [0.1, 0.15) is 34.9 Å². The molecule has 0 unspecified atom stereocenters. The number of furan rings is 1. The molecule has 0 spiro atoms. The topological polar surface area (TPSA) is 61.3 Å². The number of hydrogen-bond acceptors (Lipinski definition) is 3. The number of aromatic amines is 1. The van der Waals surface area contributed by atoms with E-state index in [1.807, 2.05) is 12.1 Å². The van der Waals surface area contributed by atoms with E-state index >= 15 is 0 Å². The fourth-order valence-corrected chi connectivity index (χ4v) is 3.48. The van der Waals surface area contributed by atoms with E-state index in [1.54, 1.807) is 12.1 Å². The number of likely N-dealkylation sites (tertiary alicyclic amines) is 1. The monoisotopic (exact) mass is 323 g/mol. The van der Waals surface area contributed by atoms with E-state index in [4.69, 9.17) is 4.42 Å². The lowest BCUT2D eigenvalue weighted by Crippen LogP contribution is -2.29. The second-order valence-electron chi connectivity index (χ2n) is 6.51. The van der Waals surface area contributed by atoms with Crippen molar-refractivity contribution in [2.75, 3.05) is 25.5 Å². The first-order chi connectivity index (χ1) is 11.7. The van der Waals surface area contributed by atoms with E-state index in [-0.39, 0.29) is 5.91 Å². The SMILES string of the molecule is CN1CCC(c2c[nH]c3ccc(NC(=O)c4ccco4)cc23)CC1. The third-order valence-electron chi connectivity index (χ3n) is 4.87. The number of benzene rings is 1. The predicted molar refractivity (Wildman–Crippen MR) is 94.4 cm³/mol. The second kappa shape index (κ2) is 6.17. The van der Waals surface area contributed by atoms with Crippen LogP contribution >= 0.6 is 0 Å². The second-order valence-corrected chi connectivity index (χ2v) is 6.51. The van der Waals surface area contributed by atoms with E-state index in [0.717, 1.165) is 24.3 Å². The number of nitrogens with one attached hydrogen (secondary N) is 2. The summed E-state index contributed by atoms with van der Waals surface area (Å²) < 4.78 is 5.15. The Morgan fingerprint density at radius 2 is 2.12 bits per heavy atom. The number of hydrogen-bond donors (Lipinski definition) is 2. The van der Waals surface area contributed by atoms with Crippen LogP contribution in [0, 0.1) is 0 Å². The van der Waals surface area contributed by atoms with Gasteiger partial charge in [-0.3, -0.25) is 4.79 Å². The zero-order valence-corrected chi connectivity index (χ0v) is 13.7. The van der Waals surface area contributed by atoms with Crippen molar-refractivity contribution in [3.63, 3.8) is 0 Å². The minimum atomic E-state index is -0.226. The maximum Gasteiger partial charge on any atom is 0.291 e. The highest BCUT2D eigenvalue weighted by atomic mass is 16.3. The summed E-state index contributed by atoms with van der Waals surface area (Å²) in [4.78, 5) is 17.9. The molecule has 0 radical (unpaired) electrons. The average molecular weight is 323 g/mol. The Kier molecular flexibility index (Phi) is 3.86. The molecule has 3 heterocycles. The molecule has 0 bridgehead atoms. The quantitative estimate of drug-likeness (QED) is 0.770. The molecule has 1 amide bonds. The molecule has 1 aromatic carbocycles. The van der Waals surface area contributed by atoms with Gasteiger partial charge in [-0.2, -0.15) is 0 Å². The van der Waals surface area contributed by atoms with Gasteiger partial charge in [0.1, 0.15) is 0 Å². The van der Waals surface area contributed by atoms with Gasteiger partial charge in [0.05, 0.1) is 6.26 Å². The summed E-state index contributed by atoms with van der Waals surface area (Å²) in [5.41, 5.74) is 3.25. The Bertz CT molecular complexity index is 843. The largest absolute Gasteiger partial charge is 0.459 e. The number of nitrogens with zero attached hydrogens (tertiary/aromatic N) is 1. The van der Waals surface area contributed by atoms with E-state index < -0.39 is 0 Å². The lowest BCUT2D eigenvalue weighted by atomic mass is 9.89. The molecule has 0 aliphatic carbocycles. The lowest BCUT2D eigenvalue weighted by molar-refractivity contribution is 0.0996. The van der Waals surface area contributed by atoms with Gasteiger partial charge in [-0.25, -0.2) is 0 Å². The normalized spacial score (nSPS) is 16.5. The summed E-state index contributed by atoms with van der Waals surface area (Å²) in [6.07, 6.45) is 5.97. The van der Waals surface area contributed by atoms with Gasteiger partial charge in [0.25, 0.3) is 5.91 Å². The first-order valence-electron chi connectivity index (χ1n) is 8.35. The van der Waals surface area contributed by atoms with Gasteiger partial charge < -0.3 is 19.6 Å². The predicted octanol–water partition coefficient (Wildman–Crippen LogP) is 3.82. The summed E-state index contributed by atoms with van der Waals surface area (Å²) in [6.45, 7) is 2.26. The molecule has 0 saturated carbocycles. The van der Waals surface area contributed by atoms with Crippen molar-refractivity contribution < 1.29 is 9.21 Å². The van der Waals surface area contributed by atoms with Crippen LogP contribution in [-0.4, -0.2) is 35.9 Å². The molecule has 1 saturated heterocycles. The highest BCUT2D eigenvalue weighted by Crippen LogP contribution is 2.34. The first kappa shape index (κ1) is 15.0. The molecule has 1 aliphatic heterocycles. The number of amides is 1. The number of piperidine rings is 1. The number of H-pyrrole nitrogens is 1. The third-order valence-corrected chi connectivity index (χ3v) is 4.87. The molecular formula is C19H21N3O2. The summed E-state index contributed by atoms with van der Waals surface area (Å²) in [5, 5.41) is 4.10. The van der Waals surface area contributed by atoms with Crippen molar-refractivity contribution in [3.8, 4) is 0 Å². The molecule has 2 N–H and O–H groups in total. The Morgan fingerprint density at radius 3 is 2.88 bits per heavy atom. The van der Waals surface area contributed by atoms with Crippen LogP contribution in [0.2, 0.25) is 0 Å². The van der Waals surface area contributed by atoms with Crippen LogP contribution in [0.25, 0.3) is 10.9 Å². The van der Waals surface area contributed by atoms with Gasteiger partial charge >= 0.3 is 0 Å². The molecule has 1 aliphatic rings. The fourth-order valence-electron chi connectivity index (χ4n) is 3.48. The van der Waals surface area contributed by atoms with Gasteiger partial charge in [-0.15, -0.1) is 0 Å². The van der Waals surface area contributed by atoms with Crippen molar-refractivity contribution in [1.29, 1.82) is 0 Å². The number of carbonyl (C=O) groups excluding carboxylic acids is 1. The molecule has 124 valence electrons. The van der Waals surface area contributed by atoms with E-state index in [2.05, 4.69) is 34.5 Å². The Morgan fingerprint density at radius 1 is 1.29 bits per heavy atom. The van der Waals surface area contributed by atoms with Gasteiger partial charge in [-0.05, 0) is 74.8 Å². The molecule has 4 rings (SSSR count). The van der Waals surface area contributed by atoms with Crippen LogP contribution in [0.4, 0.5) is 5.69 Å². The lowest BCUT2D eigenvalue weighted by Gasteiger charge is -2.28. The van der Waals surface area contributed by atoms with Crippen molar-refractivity contribution in [2.24, 2.45) is 0 Å². The summed E-state index contributed by atoms with van der Waals surface area (Å²) in [5.74, 6) is 0.668. The smallest absolute Gasteiger partial charge is 0.291 e. The Labute approximate surface area is 140 Å². The van der Waals surface area contributed by atoms with Crippen LogP contribution in [0.3, 0.4) is 0 Å². The Hall–Kier alpha value is -2.53. The minimum Gasteiger partial charge on any atom is -0.459 e.